The van der Waals surface area contributed by atoms with Gasteiger partial charge in [0.15, 0.2) is 0 Å². The van der Waals surface area contributed by atoms with Crippen LogP contribution in [0.1, 0.15) is 19.8 Å². The van der Waals surface area contributed by atoms with Crippen molar-refractivity contribution in [2.24, 2.45) is 0 Å². The minimum absolute atomic E-state index is 0.329. The lowest BCUT2D eigenvalue weighted by atomic mass is 10.2. The van der Waals surface area contributed by atoms with Crippen LogP contribution in [0.4, 0.5) is 0 Å². The first-order valence-electron chi connectivity index (χ1n) is 4.68. The smallest absolute Gasteiger partial charge is 0.0715 e. The zero-order chi connectivity index (χ0) is 8.81. The fraction of sp³-hybridized carbons (Fsp3) is 1.00. The van der Waals surface area contributed by atoms with Gasteiger partial charge in [0.2, 0.25) is 0 Å². The average molecular weight is 173 g/mol. The van der Waals surface area contributed by atoms with Crippen LogP contribution in [0.15, 0.2) is 0 Å². The molecule has 72 valence electrons. The summed E-state index contributed by atoms with van der Waals surface area (Å²) >= 11 is 0. The van der Waals surface area contributed by atoms with Gasteiger partial charge in [0.1, 0.15) is 0 Å². The maximum Gasteiger partial charge on any atom is 0.0715 e. The molecule has 0 spiro atoms. The molecule has 1 fully saturated rings. The van der Waals surface area contributed by atoms with Crippen LogP contribution in [-0.2, 0) is 9.47 Å². The van der Waals surface area contributed by atoms with Gasteiger partial charge in [-0.25, -0.2) is 0 Å². The van der Waals surface area contributed by atoms with Crippen molar-refractivity contribution in [3.63, 3.8) is 0 Å². The van der Waals surface area contributed by atoms with E-state index in [1.807, 2.05) is 0 Å². The molecule has 1 aliphatic rings. The van der Waals surface area contributed by atoms with Crippen molar-refractivity contribution in [1.82, 2.24) is 5.32 Å². The average Bonchev–Trinajstić information content (AvgIpc) is 2.53. The van der Waals surface area contributed by atoms with Crippen LogP contribution >= 0.6 is 0 Å². The topological polar surface area (TPSA) is 30.5 Å². The molecule has 1 rings (SSSR count). The Hall–Kier alpha value is -0.120. The molecular formula is C9H19NO2. The summed E-state index contributed by atoms with van der Waals surface area (Å²) in [5.41, 5.74) is 0. The summed E-state index contributed by atoms with van der Waals surface area (Å²) in [5, 5.41) is 3.28. The highest BCUT2D eigenvalue weighted by molar-refractivity contribution is 4.72. The number of methoxy groups -OCH3 is 1. The molecule has 0 saturated carbocycles. The van der Waals surface area contributed by atoms with Gasteiger partial charge in [0.25, 0.3) is 0 Å². The molecule has 1 N–H and O–H groups in total. The Morgan fingerprint density at radius 3 is 3.00 bits per heavy atom. The van der Waals surface area contributed by atoms with Crippen molar-refractivity contribution in [2.45, 2.75) is 32.0 Å². The fourth-order valence-corrected chi connectivity index (χ4v) is 1.42. The molecular weight excluding hydrogens is 154 g/mol. The molecule has 0 radical (unpaired) electrons. The van der Waals surface area contributed by atoms with Crippen molar-refractivity contribution >= 4 is 0 Å². The molecule has 2 atom stereocenters. The van der Waals surface area contributed by atoms with E-state index >= 15 is 0 Å². The Morgan fingerprint density at radius 1 is 1.58 bits per heavy atom. The summed E-state index contributed by atoms with van der Waals surface area (Å²) in [6.45, 7) is 5.01. The molecule has 3 nitrogen and oxygen atoms in total. The van der Waals surface area contributed by atoms with Gasteiger partial charge in [0, 0.05) is 20.3 Å². The van der Waals surface area contributed by atoms with Crippen LogP contribution < -0.4 is 5.32 Å². The molecule has 0 aromatic rings. The second kappa shape index (κ2) is 5.51. The van der Waals surface area contributed by atoms with E-state index in [1.54, 1.807) is 7.11 Å². The van der Waals surface area contributed by atoms with E-state index in [0.717, 1.165) is 32.5 Å². The Balaban J connectivity index is 2.03. The van der Waals surface area contributed by atoms with E-state index < -0.39 is 0 Å². The Labute approximate surface area is 74.4 Å². The predicted octanol–water partition coefficient (Wildman–Crippen LogP) is 0.790. The zero-order valence-electron chi connectivity index (χ0n) is 8.01. The predicted molar refractivity (Wildman–Crippen MR) is 48.3 cm³/mol. The van der Waals surface area contributed by atoms with Gasteiger partial charge in [-0.05, 0) is 26.3 Å². The van der Waals surface area contributed by atoms with E-state index in [9.17, 15) is 0 Å². The molecule has 0 aromatic heterocycles. The fourth-order valence-electron chi connectivity index (χ4n) is 1.42. The highest BCUT2D eigenvalue weighted by Gasteiger charge is 2.17. The summed E-state index contributed by atoms with van der Waals surface area (Å²) in [4.78, 5) is 0. The Bertz CT molecular complexity index is 113. The summed E-state index contributed by atoms with van der Waals surface area (Å²) in [6.07, 6.45) is 2.90. The number of hydrogen-bond acceptors (Lipinski definition) is 3. The quantitative estimate of drug-likeness (QED) is 0.666. The zero-order valence-corrected chi connectivity index (χ0v) is 8.01. The lowest BCUT2D eigenvalue weighted by Crippen LogP contribution is -2.23. The van der Waals surface area contributed by atoms with Crippen LogP contribution in [0, 0.1) is 0 Å². The molecule has 0 aromatic carbocycles. The van der Waals surface area contributed by atoms with Gasteiger partial charge in [-0.15, -0.1) is 0 Å². The SMILES string of the molecule is COCCC(C)OC1CCNC1. The van der Waals surface area contributed by atoms with E-state index in [1.165, 1.54) is 0 Å². The third-order valence-corrected chi connectivity index (χ3v) is 2.17. The first-order valence-corrected chi connectivity index (χ1v) is 4.68. The van der Waals surface area contributed by atoms with Crippen molar-refractivity contribution < 1.29 is 9.47 Å². The summed E-state index contributed by atoms with van der Waals surface area (Å²) < 4.78 is 10.8. The second-order valence-corrected chi connectivity index (χ2v) is 3.34. The number of nitrogens with one attached hydrogen (secondary N) is 1. The molecule has 1 heterocycles. The van der Waals surface area contributed by atoms with Crippen molar-refractivity contribution in [2.75, 3.05) is 26.8 Å². The summed E-state index contributed by atoms with van der Waals surface area (Å²) in [7, 11) is 1.73. The lowest BCUT2D eigenvalue weighted by Gasteiger charge is -2.17. The van der Waals surface area contributed by atoms with Gasteiger partial charge in [-0.3, -0.25) is 0 Å². The van der Waals surface area contributed by atoms with Gasteiger partial charge < -0.3 is 14.8 Å². The Morgan fingerprint density at radius 2 is 2.42 bits per heavy atom. The van der Waals surface area contributed by atoms with Crippen molar-refractivity contribution in [3.8, 4) is 0 Å². The van der Waals surface area contributed by atoms with Gasteiger partial charge in [0.05, 0.1) is 12.2 Å². The van der Waals surface area contributed by atoms with Gasteiger partial charge in [-0.1, -0.05) is 0 Å². The normalized spacial score (nSPS) is 26.0. The monoisotopic (exact) mass is 173 g/mol. The van der Waals surface area contributed by atoms with Crippen LogP contribution in [-0.4, -0.2) is 39.0 Å². The van der Waals surface area contributed by atoms with Gasteiger partial charge >= 0.3 is 0 Å². The molecule has 3 heteroatoms. The number of ether oxygens (including phenoxy) is 2. The molecule has 0 bridgehead atoms. The minimum Gasteiger partial charge on any atom is -0.385 e. The number of hydrogen-bond donors (Lipinski definition) is 1. The van der Waals surface area contributed by atoms with Crippen LogP contribution in [0.5, 0.6) is 0 Å². The highest BCUT2D eigenvalue weighted by atomic mass is 16.5. The van der Waals surface area contributed by atoms with Crippen molar-refractivity contribution in [1.29, 1.82) is 0 Å². The maximum absolute atomic E-state index is 5.77. The molecule has 0 amide bonds. The van der Waals surface area contributed by atoms with Gasteiger partial charge in [-0.2, -0.15) is 0 Å². The molecule has 1 aliphatic heterocycles. The van der Waals surface area contributed by atoms with Crippen LogP contribution in [0.2, 0.25) is 0 Å². The molecule has 2 unspecified atom stereocenters. The van der Waals surface area contributed by atoms with Crippen LogP contribution in [0.25, 0.3) is 0 Å². The Kier molecular flexibility index (Phi) is 4.58. The van der Waals surface area contributed by atoms with E-state index in [-0.39, 0.29) is 0 Å². The third-order valence-electron chi connectivity index (χ3n) is 2.17. The number of rotatable bonds is 5. The summed E-state index contributed by atoms with van der Waals surface area (Å²) in [6, 6.07) is 0. The first-order chi connectivity index (χ1) is 5.83. The first kappa shape index (κ1) is 9.96. The van der Waals surface area contributed by atoms with E-state index in [2.05, 4.69) is 12.2 Å². The molecule has 1 saturated heterocycles. The maximum atomic E-state index is 5.77. The van der Waals surface area contributed by atoms with E-state index in [0.29, 0.717) is 12.2 Å². The lowest BCUT2D eigenvalue weighted by molar-refractivity contribution is -0.00615. The molecule has 0 aliphatic carbocycles. The summed E-state index contributed by atoms with van der Waals surface area (Å²) in [5.74, 6) is 0. The largest absolute Gasteiger partial charge is 0.385 e. The van der Waals surface area contributed by atoms with Crippen molar-refractivity contribution in [3.05, 3.63) is 0 Å². The van der Waals surface area contributed by atoms with E-state index in [4.69, 9.17) is 9.47 Å². The molecule has 12 heavy (non-hydrogen) atoms. The highest BCUT2D eigenvalue weighted by Crippen LogP contribution is 2.08. The van der Waals surface area contributed by atoms with Crippen LogP contribution in [0.3, 0.4) is 0 Å². The second-order valence-electron chi connectivity index (χ2n) is 3.34. The standard InChI is InChI=1S/C9H19NO2/c1-8(4-6-11-2)12-9-3-5-10-7-9/h8-10H,3-7H2,1-2H3. The third kappa shape index (κ3) is 3.52. The minimum atomic E-state index is 0.329.